The van der Waals surface area contributed by atoms with Gasteiger partial charge >= 0.3 is 6.03 Å². The number of likely N-dealkylation sites (N-methyl/N-ethyl adjacent to an activating group) is 1. The van der Waals surface area contributed by atoms with E-state index in [2.05, 4.69) is 32.9 Å². The van der Waals surface area contributed by atoms with Crippen molar-refractivity contribution in [1.82, 2.24) is 29.7 Å². The van der Waals surface area contributed by atoms with Gasteiger partial charge < -0.3 is 14.8 Å². The molecular weight excluding hydrogens is 340 g/mol. The summed E-state index contributed by atoms with van der Waals surface area (Å²) < 4.78 is 2.35. The molecule has 2 aliphatic heterocycles. The Morgan fingerprint density at radius 1 is 1.19 bits per heavy atom. The molecule has 1 spiro atoms. The van der Waals surface area contributed by atoms with Gasteiger partial charge in [0.15, 0.2) is 0 Å². The summed E-state index contributed by atoms with van der Waals surface area (Å²) in [5.41, 5.74) is 2.13. The zero-order chi connectivity index (χ0) is 19.0. The van der Waals surface area contributed by atoms with Crippen LogP contribution in [0.25, 0.3) is 11.3 Å². The predicted molar refractivity (Wildman–Crippen MR) is 104 cm³/mol. The molecule has 7 heteroatoms. The number of likely N-dealkylation sites (tertiary alicyclic amines) is 1. The molecule has 7 nitrogen and oxygen atoms in total. The first kappa shape index (κ1) is 18.0. The average molecular weight is 368 g/mol. The number of aromatic nitrogens is 3. The Labute approximate surface area is 160 Å². The van der Waals surface area contributed by atoms with Gasteiger partial charge in [-0.1, -0.05) is 0 Å². The van der Waals surface area contributed by atoms with E-state index in [1.54, 1.807) is 6.20 Å². The Hall–Kier alpha value is -2.41. The maximum atomic E-state index is 12.4. The molecule has 27 heavy (non-hydrogen) atoms. The van der Waals surface area contributed by atoms with E-state index in [1.807, 2.05) is 37.2 Å². The van der Waals surface area contributed by atoms with Gasteiger partial charge in [-0.2, -0.15) is 0 Å². The lowest BCUT2D eigenvalue weighted by Crippen LogP contribution is -2.58. The van der Waals surface area contributed by atoms with Gasteiger partial charge in [-0.15, -0.1) is 0 Å². The number of carbonyl (C=O) groups excluding carboxylic acids is 1. The average Bonchev–Trinajstić information content (AvgIpc) is 3.11. The molecule has 144 valence electrons. The third-order valence-electron chi connectivity index (χ3n) is 5.91. The lowest BCUT2D eigenvalue weighted by molar-refractivity contribution is 0.0184. The zero-order valence-electron chi connectivity index (χ0n) is 16.4. The van der Waals surface area contributed by atoms with Crippen LogP contribution in [0, 0.1) is 0 Å². The highest BCUT2D eigenvalue weighted by molar-refractivity contribution is 5.74. The number of hydrogen-bond acceptors (Lipinski definition) is 4. The van der Waals surface area contributed by atoms with E-state index in [4.69, 9.17) is 4.98 Å². The normalized spacial score (nSPS) is 19.3. The van der Waals surface area contributed by atoms with Crippen LogP contribution in [-0.2, 0) is 12.1 Å². The first-order valence-corrected chi connectivity index (χ1v) is 9.74. The van der Waals surface area contributed by atoms with E-state index in [1.165, 1.54) is 0 Å². The quantitative estimate of drug-likeness (QED) is 0.883. The second-order valence-electron chi connectivity index (χ2n) is 7.90. The highest BCUT2D eigenvalue weighted by Crippen LogP contribution is 2.41. The van der Waals surface area contributed by atoms with E-state index in [9.17, 15) is 4.79 Å². The Balaban J connectivity index is 1.60. The highest BCUT2D eigenvalue weighted by atomic mass is 16.2. The van der Waals surface area contributed by atoms with E-state index in [0.717, 1.165) is 56.1 Å². The minimum Gasteiger partial charge on any atom is -0.336 e. The van der Waals surface area contributed by atoms with Crippen LogP contribution in [-0.4, -0.2) is 63.1 Å². The topological polar surface area (TPSA) is 66.3 Å². The third kappa shape index (κ3) is 3.10. The van der Waals surface area contributed by atoms with Crippen LogP contribution in [0.4, 0.5) is 4.79 Å². The van der Waals surface area contributed by atoms with Gasteiger partial charge in [0.2, 0.25) is 0 Å². The van der Waals surface area contributed by atoms with Crippen molar-refractivity contribution in [1.29, 1.82) is 0 Å². The van der Waals surface area contributed by atoms with Crippen LogP contribution >= 0.6 is 0 Å². The molecule has 0 unspecified atom stereocenters. The summed E-state index contributed by atoms with van der Waals surface area (Å²) in [4.78, 5) is 25.8. The second kappa shape index (κ2) is 6.96. The molecular formula is C20H28N6O. The number of urea groups is 1. The second-order valence-corrected chi connectivity index (χ2v) is 7.90. The SMILES string of the molecule is CC(C)NC(=O)N1CCC2(CC1)c1ncc(-c3cccnc3)n1CCN2C. The maximum absolute atomic E-state index is 12.4. The molecule has 2 aromatic heterocycles. The number of nitrogens with one attached hydrogen (secondary N) is 1. The number of imidazole rings is 1. The van der Waals surface area contributed by atoms with Crippen molar-refractivity contribution in [2.24, 2.45) is 0 Å². The number of rotatable bonds is 2. The molecule has 0 atom stereocenters. The maximum Gasteiger partial charge on any atom is 0.317 e. The van der Waals surface area contributed by atoms with Crippen LogP contribution < -0.4 is 5.32 Å². The minimum atomic E-state index is -0.104. The standard InChI is InChI=1S/C20H28N6O/c1-15(2)23-19(27)25-9-6-20(7-10-25)18-22-14-17(16-5-4-8-21-13-16)26(18)12-11-24(20)3/h4-5,8,13-15H,6-7,9-12H2,1-3H3,(H,23,27). The van der Waals surface area contributed by atoms with Crippen molar-refractivity contribution in [3.8, 4) is 11.3 Å². The molecule has 1 N–H and O–H groups in total. The van der Waals surface area contributed by atoms with Crippen LogP contribution in [0.1, 0.15) is 32.5 Å². The summed E-state index contributed by atoms with van der Waals surface area (Å²) in [6.45, 7) is 7.39. The van der Waals surface area contributed by atoms with Gasteiger partial charge in [0.1, 0.15) is 5.82 Å². The molecule has 1 saturated heterocycles. The summed E-state index contributed by atoms with van der Waals surface area (Å²) in [5.74, 6) is 1.12. The van der Waals surface area contributed by atoms with Crippen LogP contribution in [0.15, 0.2) is 30.7 Å². The molecule has 1 fully saturated rings. The minimum absolute atomic E-state index is 0.0395. The number of pyridine rings is 1. The fourth-order valence-electron chi connectivity index (χ4n) is 4.38. The van der Waals surface area contributed by atoms with Crippen molar-refractivity contribution in [2.75, 3.05) is 26.7 Å². The van der Waals surface area contributed by atoms with Crippen molar-refractivity contribution < 1.29 is 4.79 Å². The molecule has 2 aliphatic rings. The van der Waals surface area contributed by atoms with E-state index in [-0.39, 0.29) is 17.6 Å². The first-order chi connectivity index (χ1) is 13.0. The zero-order valence-corrected chi connectivity index (χ0v) is 16.4. The van der Waals surface area contributed by atoms with Crippen molar-refractivity contribution in [3.05, 3.63) is 36.5 Å². The number of hydrogen-bond donors (Lipinski definition) is 1. The number of fused-ring (bicyclic) bond motifs is 2. The largest absolute Gasteiger partial charge is 0.336 e. The fraction of sp³-hybridized carbons (Fsp3) is 0.550. The van der Waals surface area contributed by atoms with Gasteiger partial charge in [-0.25, -0.2) is 9.78 Å². The van der Waals surface area contributed by atoms with Crippen molar-refractivity contribution in [2.45, 2.75) is 44.8 Å². The fourth-order valence-corrected chi connectivity index (χ4v) is 4.38. The third-order valence-corrected chi connectivity index (χ3v) is 5.91. The Morgan fingerprint density at radius 2 is 1.96 bits per heavy atom. The van der Waals surface area contributed by atoms with Gasteiger partial charge in [0, 0.05) is 50.2 Å². The molecule has 4 rings (SSSR count). The van der Waals surface area contributed by atoms with Crippen molar-refractivity contribution >= 4 is 6.03 Å². The summed E-state index contributed by atoms with van der Waals surface area (Å²) in [7, 11) is 2.19. The van der Waals surface area contributed by atoms with Crippen LogP contribution in [0.2, 0.25) is 0 Å². The monoisotopic (exact) mass is 368 g/mol. The lowest BCUT2D eigenvalue weighted by Gasteiger charge is -2.49. The van der Waals surface area contributed by atoms with Crippen molar-refractivity contribution in [3.63, 3.8) is 0 Å². The highest BCUT2D eigenvalue weighted by Gasteiger charge is 2.46. The number of amides is 2. The molecule has 0 saturated carbocycles. The smallest absolute Gasteiger partial charge is 0.317 e. The van der Waals surface area contributed by atoms with Crippen LogP contribution in [0.5, 0.6) is 0 Å². The Morgan fingerprint density at radius 3 is 2.63 bits per heavy atom. The van der Waals surface area contributed by atoms with E-state index < -0.39 is 0 Å². The van der Waals surface area contributed by atoms with Gasteiger partial charge in [0.25, 0.3) is 0 Å². The number of piperidine rings is 1. The van der Waals surface area contributed by atoms with Gasteiger partial charge in [-0.3, -0.25) is 9.88 Å². The molecule has 0 aliphatic carbocycles. The van der Waals surface area contributed by atoms with Crippen LogP contribution in [0.3, 0.4) is 0 Å². The molecule has 2 amide bonds. The number of nitrogens with zero attached hydrogens (tertiary/aromatic N) is 5. The number of carbonyl (C=O) groups is 1. The summed E-state index contributed by atoms with van der Waals surface area (Å²) in [5, 5.41) is 3.01. The molecule has 0 bridgehead atoms. The van der Waals surface area contributed by atoms with Gasteiger partial charge in [-0.05, 0) is 45.9 Å². The summed E-state index contributed by atoms with van der Waals surface area (Å²) >= 11 is 0. The predicted octanol–water partition coefficient (Wildman–Crippen LogP) is 2.30. The molecule has 2 aromatic rings. The van der Waals surface area contributed by atoms with E-state index >= 15 is 0 Å². The molecule has 4 heterocycles. The Bertz CT molecular complexity index is 807. The van der Waals surface area contributed by atoms with E-state index in [0.29, 0.717) is 0 Å². The molecule has 0 radical (unpaired) electrons. The first-order valence-electron chi connectivity index (χ1n) is 9.74. The Kier molecular flexibility index (Phi) is 4.63. The summed E-state index contributed by atoms with van der Waals surface area (Å²) in [6, 6.07) is 4.25. The summed E-state index contributed by atoms with van der Waals surface area (Å²) in [6.07, 6.45) is 7.47. The molecule has 0 aromatic carbocycles. The lowest BCUT2D eigenvalue weighted by atomic mass is 9.83. The van der Waals surface area contributed by atoms with Gasteiger partial charge in [0.05, 0.1) is 17.4 Å².